The minimum Gasteiger partial charge on any atom is -0.356 e. The predicted molar refractivity (Wildman–Crippen MR) is 101 cm³/mol. The molecule has 0 heterocycles. The van der Waals surface area contributed by atoms with E-state index in [0.717, 1.165) is 18.4 Å². The van der Waals surface area contributed by atoms with Gasteiger partial charge in [0.2, 0.25) is 21.8 Å². The van der Waals surface area contributed by atoms with Crippen molar-refractivity contribution >= 4 is 21.8 Å². The van der Waals surface area contributed by atoms with E-state index in [2.05, 4.69) is 15.4 Å². The van der Waals surface area contributed by atoms with Crippen molar-refractivity contribution in [2.24, 2.45) is 0 Å². The zero-order valence-corrected chi connectivity index (χ0v) is 16.5. The van der Waals surface area contributed by atoms with E-state index in [4.69, 9.17) is 0 Å². The number of nitrogens with one attached hydrogen (secondary N) is 3. The van der Waals surface area contributed by atoms with Crippen LogP contribution in [0.2, 0.25) is 0 Å². The van der Waals surface area contributed by atoms with Crippen LogP contribution < -0.4 is 15.4 Å². The van der Waals surface area contributed by atoms with Gasteiger partial charge in [-0.15, -0.1) is 0 Å². The maximum Gasteiger partial charge on any atom is 0.241 e. The molecule has 0 saturated carbocycles. The van der Waals surface area contributed by atoms with E-state index in [-0.39, 0.29) is 23.6 Å². The molecule has 0 aromatic heterocycles. The molecule has 0 spiro atoms. The zero-order chi connectivity index (χ0) is 19.6. The molecule has 0 aliphatic rings. The fourth-order valence-electron chi connectivity index (χ4n) is 2.22. The molecule has 7 nitrogen and oxygen atoms in total. The Morgan fingerprint density at radius 2 is 1.58 bits per heavy atom. The Morgan fingerprint density at radius 1 is 1.00 bits per heavy atom. The molecule has 3 N–H and O–H groups in total. The Balaban J connectivity index is 2.84. The maximum absolute atomic E-state index is 12.6. The van der Waals surface area contributed by atoms with E-state index in [1.807, 2.05) is 20.8 Å². The van der Waals surface area contributed by atoms with Gasteiger partial charge in [-0.1, -0.05) is 31.5 Å². The molecule has 0 fully saturated rings. The molecule has 8 heteroatoms. The molecule has 2 amide bonds. The Hall–Kier alpha value is -1.93. The number of hydrogen-bond acceptors (Lipinski definition) is 4. The molecule has 0 bridgehead atoms. The highest BCUT2D eigenvalue weighted by atomic mass is 32.2. The number of carbonyl (C=O) groups excluding carboxylic acids is 2. The van der Waals surface area contributed by atoms with Crippen molar-refractivity contribution < 1.29 is 18.0 Å². The minimum atomic E-state index is -3.85. The first-order valence-electron chi connectivity index (χ1n) is 8.93. The smallest absolute Gasteiger partial charge is 0.241 e. The van der Waals surface area contributed by atoms with Crippen LogP contribution in [0.1, 0.15) is 45.1 Å². The van der Waals surface area contributed by atoms with Crippen LogP contribution in [0.15, 0.2) is 29.2 Å². The predicted octanol–water partition coefficient (Wildman–Crippen LogP) is 1.47. The van der Waals surface area contributed by atoms with Crippen molar-refractivity contribution in [3.05, 3.63) is 29.8 Å². The third-order valence-electron chi connectivity index (χ3n) is 3.73. The summed E-state index contributed by atoms with van der Waals surface area (Å²) in [6.45, 7) is 6.71. The van der Waals surface area contributed by atoms with Crippen LogP contribution in [0.3, 0.4) is 0 Å². The molecule has 0 aliphatic heterocycles. The van der Waals surface area contributed by atoms with Gasteiger partial charge in [0, 0.05) is 19.5 Å². The van der Waals surface area contributed by atoms with Crippen molar-refractivity contribution in [2.45, 2.75) is 57.4 Å². The molecule has 1 aromatic carbocycles. The number of rotatable bonds is 11. The number of hydrogen-bond donors (Lipinski definition) is 3. The first kappa shape index (κ1) is 22.1. The van der Waals surface area contributed by atoms with E-state index in [1.54, 1.807) is 12.1 Å². The lowest BCUT2D eigenvalue weighted by atomic mass is 10.1. The summed E-state index contributed by atoms with van der Waals surface area (Å²) in [6, 6.07) is 5.37. The molecule has 0 saturated heterocycles. The number of benzene rings is 1. The summed E-state index contributed by atoms with van der Waals surface area (Å²) in [4.78, 5) is 24.2. The molecule has 1 aromatic rings. The topological polar surface area (TPSA) is 104 Å². The van der Waals surface area contributed by atoms with E-state index >= 15 is 0 Å². The summed E-state index contributed by atoms with van der Waals surface area (Å²) < 4.78 is 27.5. The second kappa shape index (κ2) is 10.9. The number of carbonyl (C=O) groups is 2. The van der Waals surface area contributed by atoms with Gasteiger partial charge in [0.25, 0.3) is 0 Å². The Bertz CT molecular complexity index is 687. The summed E-state index contributed by atoms with van der Waals surface area (Å²) in [6.07, 6.45) is 1.71. The molecule has 1 atom stereocenters. The second-order valence-electron chi connectivity index (χ2n) is 6.17. The fraction of sp³-hybridized carbons (Fsp3) is 0.556. The molecule has 146 valence electrons. The average Bonchev–Trinajstić information content (AvgIpc) is 2.61. The van der Waals surface area contributed by atoms with Crippen molar-refractivity contribution in [1.29, 1.82) is 0 Å². The van der Waals surface area contributed by atoms with Crippen molar-refractivity contribution in [2.75, 3.05) is 13.1 Å². The van der Waals surface area contributed by atoms with Crippen LogP contribution in [-0.4, -0.2) is 39.4 Å². The molecule has 0 aliphatic carbocycles. The molecular formula is C18H29N3O4S. The lowest BCUT2D eigenvalue weighted by Gasteiger charge is -2.18. The quantitative estimate of drug-likeness (QED) is 0.538. The van der Waals surface area contributed by atoms with Crippen LogP contribution in [-0.2, 0) is 19.6 Å². The third kappa shape index (κ3) is 7.53. The van der Waals surface area contributed by atoms with Gasteiger partial charge >= 0.3 is 0 Å². The van der Waals surface area contributed by atoms with Gasteiger partial charge < -0.3 is 10.6 Å². The van der Waals surface area contributed by atoms with Crippen LogP contribution in [0, 0.1) is 6.92 Å². The summed E-state index contributed by atoms with van der Waals surface area (Å²) in [5.74, 6) is -0.625. The average molecular weight is 384 g/mol. The van der Waals surface area contributed by atoms with Gasteiger partial charge in [-0.25, -0.2) is 8.42 Å². The first-order chi connectivity index (χ1) is 12.3. The van der Waals surface area contributed by atoms with Crippen molar-refractivity contribution in [1.82, 2.24) is 15.4 Å². The number of sulfonamides is 1. The van der Waals surface area contributed by atoms with Gasteiger partial charge in [0.05, 0.1) is 4.90 Å². The summed E-state index contributed by atoms with van der Waals surface area (Å²) >= 11 is 0. The van der Waals surface area contributed by atoms with Crippen LogP contribution in [0.25, 0.3) is 0 Å². The SMILES string of the molecule is CCCNC(=O)CC[C@@H](NS(=O)(=O)c1ccc(C)cc1)C(=O)NCCC. The van der Waals surface area contributed by atoms with Gasteiger partial charge in [0.15, 0.2) is 0 Å². The largest absolute Gasteiger partial charge is 0.356 e. The van der Waals surface area contributed by atoms with Crippen LogP contribution in [0.4, 0.5) is 0 Å². The molecule has 1 rings (SSSR count). The second-order valence-corrected chi connectivity index (χ2v) is 7.88. The highest BCUT2D eigenvalue weighted by molar-refractivity contribution is 7.89. The van der Waals surface area contributed by atoms with Crippen LogP contribution >= 0.6 is 0 Å². The standard InChI is InChI=1S/C18H29N3O4S/c1-4-12-19-17(22)11-10-16(18(23)20-13-5-2)21-26(24,25)15-8-6-14(3)7-9-15/h6-9,16,21H,4-5,10-13H2,1-3H3,(H,19,22)(H,20,23)/t16-/m1/s1. The minimum absolute atomic E-state index is 0.0701. The summed E-state index contributed by atoms with van der Waals surface area (Å²) in [7, 11) is -3.85. The highest BCUT2D eigenvalue weighted by Gasteiger charge is 2.26. The Labute approximate surface area is 156 Å². The van der Waals surface area contributed by atoms with Crippen molar-refractivity contribution in [3.63, 3.8) is 0 Å². The van der Waals surface area contributed by atoms with Gasteiger partial charge in [-0.05, 0) is 38.3 Å². The van der Waals surface area contributed by atoms with E-state index < -0.39 is 22.0 Å². The number of amides is 2. The zero-order valence-electron chi connectivity index (χ0n) is 15.7. The highest BCUT2D eigenvalue weighted by Crippen LogP contribution is 2.12. The summed E-state index contributed by atoms with van der Waals surface area (Å²) in [5.41, 5.74) is 0.939. The monoisotopic (exact) mass is 383 g/mol. The molecule has 26 heavy (non-hydrogen) atoms. The van der Waals surface area contributed by atoms with Crippen molar-refractivity contribution in [3.8, 4) is 0 Å². The molecule has 0 unspecified atom stereocenters. The van der Waals surface area contributed by atoms with Gasteiger partial charge in [-0.2, -0.15) is 4.72 Å². The lowest BCUT2D eigenvalue weighted by Crippen LogP contribution is -2.47. The maximum atomic E-state index is 12.6. The lowest BCUT2D eigenvalue weighted by molar-refractivity contribution is -0.123. The number of aryl methyl sites for hydroxylation is 1. The fourth-order valence-corrected chi connectivity index (χ4v) is 3.45. The van der Waals surface area contributed by atoms with Crippen LogP contribution in [0.5, 0.6) is 0 Å². The first-order valence-corrected chi connectivity index (χ1v) is 10.4. The van der Waals surface area contributed by atoms with Gasteiger partial charge in [-0.3, -0.25) is 9.59 Å². The van der Waals surface area contributed by atoms with E-state index in [9.17, 15) is 18.0 Å². The normalized spacial score (nSPS) is 12.4. The Kier molecular flexibility index (Phi) is 9.29. The Morgan fingerprint density at radius 3 is 2.15 bits per heavy atom. The van der Waals surface area contributed by atoms with E-state index in [1.165, 1.54) is 12.1 Å². The summed E-state index contributed by atoms with van der Waals surface area (Å²) in [5, 5.41) is 5.41. The van der Waals surface area contributed by atoms with Gasteiger partial charge in [0.1, 0.15) is 6.04 Å². The van der Waals surface area contributed by atoms with E-state index in [0.29, 0.717) is 13.1 Å². The third-order valence-corrected chi connectivity index (χ3v) is 5.21. The molecule has 0 radical (unpaired) electrons. The molecular weight excluding hydrogens is 354 g/mol.